The van der Waals surface area contributed by atoms with Crippen molar-refractivity contribution in [1.29, 1.82) is 0 Å². The maximum absolute atomic E-state index is 13.0. The fraction of sp³-hybridized carbons (Fsp3) is 0.708. The lowest BCUT2D eigenvalue weighted by atomic mass is 9.83. The van der Waals surface area contributed by atoms with Crippen LogP contribution < -0.4 is 14.8 Å². The molecule has 0 aliphatic carbocycles. The van der Waals surface area contributed by atoms with Gasteiger partial charge in [-0.3, -0.25) is 0 Å². The zero-order chi connectivity index (χ0) is 22.1. The fourth-order valence-electron chi connectivity index (χ4n) is 5.01. The van der Waals surface area contributed by atoms with Crippen molar-refractivity contribution in [3.63, 3.8) is 0 Å². The van der Waals surface area contributed by atoms with Gasteiger partial charge >= 0.3 is 6.03 Å². The number of hydrogen-bond acceptors (Lipinski definition) is 5. The van der Waals surface area contributed by atoms with Gasteiger partial charge in [-0.25, -0.2) is 4.79 Å². The summed E-state index contributed by atoms with van der Waals surface area (Å²) in [6, 6.07) is 6.51. The molecule has 2 saturated heterocycles. The van der Waals surface area contributed by atoms with Gasteiger partial charge in [-0.1, -0.05) is 12.5 Å². The highest BCUT2D eigenvalue weighted by molar-refractivity contribution is 5.74. The van der Waals surface area contributed by atoms with Crippen molar-refractivity contribution < 1.29 is 19.0 Å². The summed E-state index contributed by atoms with van der Waals surface area (Å²) in [5.41, 5.74) is 1.10. The number of rotatable bonds is 10. The van der Waals surface area contributed by atoms with E-state index in [0.717, 1.165) is 18.5 Å². The monoisotopic (exact) mass is 433 g/mol. The molecule has 1 N–H and O–H groups in total. The van der Waals surface area contributed by atoms with Crippen LogP contribution in [0.15, 0.2) is 18.2 Å². The molecule has 7 heteroatoms. The van der Waals surface area contributed by atoms with E-state index in [2.05, 4.69) is 10.2 Å². The first-order valence-corrected chi connectivity index (χ1v) is 11.6. The van der Waals surface area contributed by atoms with E-state index in [-0.39, 0.29) is 6.03 Å². The molecule has 2 aliphatic rings. The van der Waals surface area contributed by atoms with E-state index < -0.39 is 0 Å². The second kappa shape index (κ2) is 12.2. The predicted molar refractivity (Wildman–Crippen MR) is 122 cm³/mol. The number of piperidine rings is 2. The third kappa shape index (κ3) is 6.50. The van der Waals surface area contributed by atoms with Gasteiger partial charge in [-0.2, -0.15) is 0 Å². The highest BCUT2D eigenvalue weighted by atomic mass is 16.5. The van der Waals surface area contributed by atoms with E-state index in [1.54, 1.807) is 21.3 Å². The van der Waals surface area contributed by atoms with Crippen LogP contribution in [0.3, 0.4) is 0 Å². The molecule has 0 unspecified atom stereocenters. The Labute approximate surface area is 187 Å². The standard InChI is InChI=1S/C24H39N3O4/c1-29-16-15-27(18-20-7-6-14-26-13-5-4-8-21(20)26)24(28)25-12-11-19-9-10-22(30-2)23(17-19)31-3/h9-10,17,20-21H,4-8,11-16,18H2,1-3H3,(H,25,28)/t20-,21+/m0/s1. The summed E-state index contributed by atoms with van der Waals surface area (Å²) >= 11 is 0. The van der Waals surface area contributed by atoms with Crippen molar-refractivity contribution in [2.45, 2.75) is 44.6 Å². The lowest BCUT2D eigenvalue weighted by Crippen LogP contribution is -2.53. The molecular formula is C24H39N3O4. The minimum atomic E-state index is 0.00506. The number of carbonyl (C=O) groups is 1. The lowest BCUT2D eigenvalue weighted by molar-refractivity contribution is 0.0421. The summed E-state index contributed by atoms with van der Waals surface area (Å²) < 4.78 is 16.0. The SMILES string of the molecule is COCCN(C[C@@H]1CCCN2CCCC[C@H]12)C(=O)NCCc1ccc(OC)c(OC)c1. The van der Waals surface area contributed by atoms with Crippen LogP contribution in [0.5, 0.6) is 11.5 Å². The molecule has 2 heterocycles. The van der Waals surface area contributed by atoms with Crippen LogP contribution in [0.2, 0.25) is 0 Å². The second-order valence-electron chi connectivity index (χ2n) is 8.61. The van der Waals surface area contributed by atoms with Crippen LogP contribution in [0.25, 0.3) is 0 Å². The molecule has 2 atom stereocenters. The zero-order valence-corrected chi connectivity index (χ0v) is 19.4. The number of nitrogens with zero attached hydrogens (tertiary/aromatic N) is 2. The summed E-state index contributed by atoms with van der Waals surface area (Å²) in [5.74, 6) is 1.98. The van der Waals surface area contributed by atoms with Gasteiger partial charge in [0, 0.05) is 32.8 Å². The smallest absolute Gasteiger partial charge is 0.317 e. The molecule has 2 fully saturated rings. The molecule has 1 aromatic carbocycles. The van der Waals surface area contributed by atoms with Crippen molar-refractivity contribution in [3.8, 4) is 11.5 Å². The van der Waals surface area contributed by atoms with Gasteiger partial charge < -0.3 is 29.3 Å². The van der Waals surface area contributed by atoms with Gasteiger partial charge in [-0.15, -0.1) is 0 Å². The van der Waals surface area contributed by atoms with Gasteiger partial charge in [0.2, 0.25) is 0 Å². The Morgan fingerprint density at radius 3 is 2.68 bits per heavy atom. The number of ether oxygens (including phenoxy) is 3. The topological polar surface area (TPSA) is 63.3 Å². The Morgan fingerprint density at radius 2 is 1.90 bits per heavy atom. The predicted octanol–water partition coefficient (Wildman–Crippen LogP) is 3.17. The molecule has 2 amide bonds. The Balaban J connectivity index is 1.54. The van der Waals surface area contributed by atoms with Gasteiger partial charge in [0.1, 0.15) is 0 Å². The third-order valence-electron chi connectivity index (χ3n) is 6.67. The number of fused-ring (bicyclic) bond motifs is 1. The van der Waals surface area contributed by atoms with Crippen LogP contribution in [-0.2, 0) is 11.2 Å². The van der Waals surface area contributed by atoms with E-state index >= 15 is 0 Å². The minimum absolute atomic E-state index is 0.00506. The fourth-order valence-corrected chi connectivity index (χ4v) is 5.01. The summed E-state index contributed by atoms with van der Waals surface area (Å²) in [6.07, 6.45) is 7.08. The minimum Gasteiger partial charge on any atom is -0.493 e. The average Bonchev–Trinajstić information content (AvgIpc) is 2.81. The van der Waals surface area contributed by atoms with Crippen molar-refractivity contribution in [3.05, 3.63) is 23.8 Å². The van der Waals surface area contributed by atoms with Crippen LogP contribution in [-0.4, -0.2) is 82.5 Å². The van der Waals surface area contributed by atoms with E-state index in [1.807, 2.05) is 23.1 Å². The molecule has 31 heavy (non-hydrogen) atoms. The molecular weight excluding hydrogens is 394 g/mol. The number of hydrogen-bond donors (Lipinski definition) is 1. The number of nitrogens with one attached hydrogen (secondary N) is 1. The second-order valence-corrected chi connectivity index (χ2v) is 8.61. The molecule has 0 bridgehead atoms. The Hall–Kier alpha value is -1.99. The average molecular weight is 434 g/mol. The van der Waals surface area contributed by atoms with Crippen molar-refractivity contribution in [2.75, 3.05) is 60.7 Å². The van der Waals surface area contributed by atoms with Crippen LogP contribution in [0.4, 0.5) is 4.79 Å². The first-order chi connectivity index (χ1) is 15.2. The number of amides is 2. The molecule has 3 rings (SSSR count). The highest BCUT2D eigenvalue weighted by Gasteiger charge is 2.34. The Morgan fingerprint density at radius 1 is 1.10 bits per heavy atom. The maximum Gasteiger partial charge on any atom is 0.317 e. The molecule has 2 aliphatic heterocycles. The van der Waals surface area contributed by atoms with E-state index in [4.69, 9.17) is 14.2 Å². The molecule has 0 spiro atoms. The Bertz CT molecular complexity index is 697. The van der Waals surface area contributed by atoms with Crippen LogP contribution >= 0.6 is 0 Å². The molecule has 1 aromatic rings. The van der Waals surface area contributed by atoms with Crippen molar-refractivity contribution >= 4 is 6.03 Å². The zero-order valence-electron chi connectivity index (χ0n) is 19.4. The van der Waals surface area contributed by atoms with Gasteiger partial charge in [0.25, 0.3) is 0 Å². The molecule has 0 aromatic heterocycles. The summed E-state index contributed by atoms with van der Waals surface area (Å²) in [4.78, 5) is 17.6. The number of benzene rings is 1. The maximum atomic E-state index is 13.0. The summed E-state index contributed by atoms with van der Waals surface area (Å²) in [7, 11) is 4.96. The Kier molecular flexibility index (Phi) is 9.28. The largest absolute Gasteiger partial charge is 0.493 e. The number of urea groups is 1. The molecule has 7 nitrogen and oxygen atoms in total. The van der Waals surface area contributed by atoms with Crippen LogP contribution in [0, 0.1) is 5.92 Å². The third-order valence-corrected chi connectivity index (χ3v) is 6.67. The van der Waals surface area contributed by atoms with Crippen LogP contribution in [0.1, 0.15) is 37.7 Å². The molecule has 174 valence electrons. The normalized spacial score (nSPS) is 21.3. The van der Waals surface area contributed by atoms with E-state index in [0.29, 0.717) is 43.2 Å². The quantitative estimate of drug-likeness (QED) is 0.614. The molecule has 0 saturated carbocycles. The summed E-state index contributed by atoms with van der Waals surface area (Å²) in [6.45, 7) is 5.02. The summed E-state index contributed by atoms with van der Waals surface area (Å²) in [5, 5.41) is 3.11. The lowest BCUT2D eigenvalue weighted by Gasteiger charge is -2.45. The number of carbonyl (C=O) groups excluding carboxylic acids is 1. The van der Waals surface area contributed by atoms with Crippen molar-refractivity contribution in [2.24, 2.45) is 5.92 Å². The van der Waals surface area contributed by atoms with Gasteiger partial charge in [-0.05, 0) is 68.8 Å². The van der Waals surface area contributed by atoms with E-state index in [9.17, 15) is 4.79 Å². The first-order valence-electron chi connectivity index (χ1n) is 11.6. The number of methoxy groups -OCH3 is 3. The van der Waals surface area contributed by atoms with Crippen molar-refractivity contribution in [1.82, 2.24) is 15.1 Å². The van der Waals surface area contributed by atoms with E-state index in [1.165, 1.54) is 45.2 Å². The van der Waals surface area contributed by atoms with Gasteiger partial charge in [0.15, 0.2) is 11.5 Å². The molecule has 0 radical (unpaired) electrons. The highest BCUT2D eigenvalue weighted by Crippen LogP contribution is 2.31. The first kappa shape index (κ1) is 23.7. The van der Waals surface area contributed by atoms with Gasteiger partial charge in [0.05, 0.1) is 20.8 Å².